The standard InChI is InChI=1S/C9H9N3O2/c10-4-2-6-12-5-1-3-7(12)8(13)9(11)14/h1,3,5H,2,6H2,(H2,11,14). The number of aryl methyl sites for hydroxylation is 1. The maximum absolute atomic E-state index is 11.2. The Bertz CT molecular complexity index is 400. The van der Waals surface area contributed by atoms with E-state index in [2.05, 4.69) is 0 Å². The molecule has 5 heteroatoms. The summed E-state index contributed by atoms with van der Waals surface area (Å²) in [6.45, 7) is 0.387. The highest BCUT2D eigenvalue weighted by molar-refractivity contribution is 6.41. The summed E-state index contributed by atoms with van der Waals surface area (Å²) in [4.78, 5) is 21.8. The smallest absolute Gasteiger partial charge is 0.291 e. The molecule has 0 aromatic carbocycles. The maximum Gasteiger partial charge on any atom is 0.291 e. The fourth-order valence-corrected chi connectivity index (χ4v) is 1.11. The van der Waals surface area contributed by atoms with Gasteiger partial charge in [-0.1, -0.05) is 0 Å². The second-order valence-electron chi connectivity index (χ2n) is 2.69. The maximum atomic E-state index is 11.2. The first-order valence-corrected chi connectivity index (χ1v) is 4.03. The molecule has 1 heterocycles. The lowest BCUT2D eigenvalue weighted by Crippen LogP contribution is -2.25. The predicted molar refractivity (Wildman–Crippen MR) is 48.2 cm³/mol. The molecular formula is C9H9N3O2. The molecular weight excluding hydrogens is 182 g/mol. The Morgan fingerprint density at radius 3 is 2.86 bits per heavy atom. The van der Waals surface area contributed by atoms with Gasteiger partial charge in [-0.25, -0.2) is 0 Å². The van der Waals surface area contributed by atoms with Gasteiger partial charge in [0.15, 0.2) is 0 Å². The molecule has 5 nitrogen and oxygen atoms in total. The van der Waals surface area contributed by atoms with E-state index in [1.165, 1.54) is 10.6 Å². The Hall–Kier alpha value is -2.09. The molecule has 1 aromatic rings. The summed E-state index contributed by atoms with van der Waals surface area (Å²) >= 11 is 0. The van der Waals surface area contributed by atoms with Crippen LogP contribution in [0, 0.1) is 11.3 Å². The van der Waals surface area contributed by atoms with Crippen molar-refractivity contribution in [1.82, 2.24) is 4.57 Å². The van der Waals surface area contributed by atoms with E-state index in [1.807, 2.05) is 6.07 Å². The minimum atomic E-state index is -0.984. The van der Waals surface area contributed by atoms with E-state index in [0.717, 1.165) is 0 Å². The van der Waals surface area contributed by atoms with Gasteiger partial charge in [0, 0.05) is 12.7 Å². The van der Waals surface area contributed by atoms with E-state index in [0.29, 0.717) is 6.54 Å². The van der Waals surface area contributed by atoms with Crippen molar-refractivity contribution in [1.29, 1.82) is 5.26 Å². The van der Waals surface area contributed by atoms with Crippen molar-refractivity contribution < 1.29 is 9.59 Å². The zero-order valence-corrected chi connectivity index (χ0v) is 7.43. The summed E-state index contributed by atoms with van der Waals surface area (Å²) in [5.41, 5.74) is 5.09. The van der Waals surface area contributed by atoms with Crippen molar-refractivity contribution in [3.05, 3.63) is 24.0 Å². The van der Waals surface area contributed by atoms with Crippen LogP contribution < -0.4 is 5.73 Å². The lowest BCUT2D eigenvalue weighted by Gasteiger charge is -2.03. The van der Waals surface area contributed by atoms with Gasteiger partial charge in [-0.05, 0) is 12.1 Å². The minimum Gasteiger partial charge on any atom is -0.363 e. The molecule has 0 bridgehead atoms. The molecule has 0 atom stereocenters. The van der Waals surface area contributed by atoms with Crippen LogP contribution in [0.4, 0.5) is 0 Å². The van der Waals surface area contributed by atoms with Crippen molar-refractivity contribution >= 4 is 11.7 Å². The Morgan fingerprint density at radius 1 is 1.57 bits per heavy atom. The van der Waals surface area contributed by atoms with Crippen LogP contribution in [-0.2, 0) is 11.3 Å². The zero-order chi connectivity index (χ0) is 10.6. The molecule has 1 aromatic heterocycles. The lowest BCUT2D eigenvalue weighted by molar-refractivity contribution is -0.114. The topological polar surface area (TPSA) is 88.9 Å². The van der Waals surface area contributed by atoms with E-state index in [1.54, 1.807) is 12.3 Å². The first kappa shape index (κ1) is 9.99. The fraction of sp³-hybridized carbons (Fsp3) is 0.222. The van der Waals surface area contributed by atoms with E-state index >= 15 is 0 Å². The number of nitrogens with zero attached hydrogens (tertiary/aromatic N) is 2. The Morgan fingerprint density at radius 2 is 2.29 bits per heavy atom. The molecule has 0 radical (unpaired) electrons. The molecule has 14 heavy (non-hydrogen) atoms. The number of hydrogen-bond acceptors (Lipinski definition) is 3. The number of ketones is 1. The van der Waals surface area contributed by atoms with Crippen LogP contribution in [-0.4, -0.2) is 16.3 Å². The number of aromatic nitrogens is 1. The van der Waals surface area contributed by atoms with Gasteiger partial charge in [-0.2, -0.15) is 5.26 Å². The number of hydrogen-bond donors (Lipinski definition) is 1. The van der Waals surface area contributed by atoms with Crippen molar-refractivity contribution in [3.63, 3.8) is 0 Å². The van der Waals surface area contributed by atoms with Gasteiger partial charge in [0.1, 0.15) is 0 Å². The molecule has 1 rings (SSSR count). The number of primary amides is 1. The molecule has 0 saturated carbocycles. The first-order valence-electron chi connectivity index (χ1n) is 4.03. The summed E-state index contributed by atoms with van der Waals surface area (Å²) < 4.78 is 1.54. The first-order chi connectivity index (χ1) is 6.66. The van der Waals surface area contributed by atoms with Gasteiger partial charge in [0.2, 0.25) is 0 Å². The normalized spacial score (nSPS) is 9.36. The zero-order valence-electron chi connectivity index (χ0n) is 7.43. The average molecular weight is 191 g/mol. The number of carbonyl (C=O) groups excluding carboxylic acids is 2. The molecule has 1 amide bonds. The van der Waals surface area contributed by atoms with Gasteiger partial charge in [0.25, 0.3) is 11.7 Å². The molecule has 0 aliphatic heterocycles. The van der Waals surface area contributed by atoms with Crippen LogP contribution in [0.1, 0.15) is 16.9 Å². The SMILES string of the molecule is N#CCCn1cccc1C(=O)C(N)=O. The van der Waals surface area contributed by atoms with Gasteiger partial charge in [0.05, 0.1) is 18.2 Å². The van der Waals surface area contributed by atoms with Crippen LogP contribution >= 0.6 is 0 Å². The van der Waals surface area contributed by atoms with Crippen LogP contribution in [0.15, 0.2) is 18.3 Å². The molecule has 72 valence electrons. The summed E-state index contributed by atoms with van der Waals surface area (Å²) in [7, 11) is 0. The largest absolute Gasteiger partial charge is 0.363 e. The van der Waals surface area contributed by atoms with Gasteiger partial charge < -0.3 is 10.3 Å². The number of nitrogens with two attached hydrogens (primary N) is 1. The molecule has 0 saturated heterocycles. The van der Waals surface area contributed by atoms with Crippen molar-refractivity contribution in [2.45, 2.75) is 13.0 Å². The molecule has 0 fully saturated rings. The number of rotatable bonds is 4. The second-order valence-corrected chi connectivity index (χ2v) is 2.69. The number of Topliss-reactive ketones (excluding diaryl/α,β-unsaturated/α-hetero) is 1. The van der Waals surface area contributed by atoms with E-state index in [9.17, 15) is 9.59 Å². The minimum absolute atomic E-state index is 0.229. The van der Waals surface area contributed by atoms with E-state index < -0.39 is 11.7 Å². The molecule has 2 N–H and O–H groups in total. The van der Waals surface area contributed by atoms with Gasteiger partial charge >= 0.3 is 0 Å². The number of carbonyl (C=O) groups is 2. The number of nitriles is 1. The summed E-state index contributed by atoms with van der Waals surface area (Å²) in [6.07, 6.45) is 1.92. The van der Waals surface area contributed by atoms with E-state index in [4.69, 9.17) is 11.0 Å². The summed E-state index contributed by atoms with van der Waals surface area (Å²) in [6, 6.07) is 5.09. The Kier molecular flexibility index (Phi) is 3.02. The molecule has 0 unspecified atom stereocenters. The van der Waals surface area contributed by atoms with Crippen molar-refractivity contribution in [2.75, 3.05) is 0 Å². The van der Waals surface area contributed by atoms with Crippen LogP contribution in [0.25, 0.3) is 0 Å². The van der Waals surface area contributed by atoms with Crippen molar-refractivity contribution in [3.8, 4) is 6.07 Å². The highest BCUT2D eigenvalue weighted by Crippen LogP contribution is 2.04. The van der Waals surface area contributed by atoms with Gasteiger partial charge in [-0.15, -0.1) is 0 Å². The highest BCUT2D eigenvalue weighted by Gasteiger charge is 2.15. The number of amides is 1. The Balaban J connectivity index is 2.88. The van der Waals surface area contributed by atoms with E-state index in [-0.39, 0.29) is 12.1 Å². The van der Waals surface area contributed by atoms with Crippen LogP contribution in [0.5, 0.6) is 0 Å². The fourth-order valence-electron chi connectivity index (χ4n) is 1.11. The van der Waals surface area contributed by atoms with Gasteiger partial charge in [-0.3, -0.25) is 9.59 Å². The highest BCUT2D eigenvalue weighted by atomic mass is 16.2. The molecule has 0 aliphatic rings. The summed E-state index contributed by atoms with van der Waals surface area (Å²) in [5.74, 6) is -1.71. The molecule has 0 aliphatic carbocycles. The third-order valence-corrected chi connectivity index (χ3v) is 1.75. The van der Waals surface area contributed by atoms with Crippen molar-refractivity contribution in [2.24, 2.45) is 5.73 Å². The third kappa shape index (κ3) is 1.98. The quantitative estimate of drug-likeness (QED) is 0.539. The molecule has 0 spiro atoms. The average Bonchev–Trinajstić information content (AvgIpc) is 2.61. The summed E-state index contributed by atoms with van der Waals surface area (Å²) in [5, 5.41) is 8.36. The third-order valence-electron chi connectivity index (χ3n) is 1.75. The van der Waals surface area contributed by atoms with Crippen LogP contribution in [0.3, 0.4) is 0 Å². The monoisotopic (exact) mass is 191 g/mol. The Labute approximate surface area is 80.7 Å². The predicted octanol–water partition coefficient (Wildman–Crippen LogP) is 0.0698. The lowest BCUT2D eigenvalue weighted by atomic mass is 10.2. The van der Waals surface area contributed by atoms with Crippen LogP contribution in [0.2, 0.25) is 0 Å². The second kappa shape index (κ2) is 4.23.